The van der Waals surface area contributed by atoms with Gasteiger partial charge in [-0.05, 0) is 0 Å². The fourth-order valence-electron chi connectivity index (χ4n) is 0.349. The molecule has 0 spiro atoms. The first-order valence-corrected chi connectivity index (χ1v) is 3.51. The third-order valence-corrected chi connectivity index (χ3v) is 1.83. The van der Waals surface area contributed by atoms with E-state index in [2.05, 4.69) is 9.97 Å². The number of nitrogens with zero attached hydrogens (tertiary/aromatic N) is 2. The van der Waals surface area contributed by atoms with Crippen LogP contribution in [-0.4, -0.2) is 32.5 Å². The van der Waals surface area contributed by atoms with Gasteiger partial charge in [0.05, 0.1) is 0 Å². The van der Waals surface area contributed by atoms with Crippen LogP contribution in [0.1, 0.15) is 0 Å². The average molecular weight is 213 g/mol. The molecule has 4 heteroatoms. The molecule has 0 aliphatic carbocycles. The molecule has 0 amide bonds. The Balaban J connectivity index is 3.13. The minimum absolute atomic E-state index is 0.547. The second-order valence-corrected chi connectivity index (χ2v) is 2.64. The molecular formula is C4H4N3Sn. The second-order valence-electron chi connectivity index (χ2n) is 1.29. The summed E-state index contributed by atoms with van der Waals surface area (Å²) in [7, 11) is 0. The maximum absolute atomic E-state index is 5.37. The minimum atomic E-state index is 0.547. The van der Waals surface area contributed by atoms with E-state index < -0.39 is 0 Å². The van der Waals surface area contributed by atoms with E-state index in [1.807, 2.05) is 0 Å². The van der Waals surface area contributed by atoms with E-state index in [1.165, 1.54) is 22.5 Å². The van der Waals surface area contributed by atoms with Gasteiger partial charge in [-0.2, -0.15) is 0 Å². The number of nitrogen functional groups attached to an aromatic ring is 1. The van der Waals surface area contributed by atoms with Gasteiger partial charge in [-0.3, -0.25) is 0 Å². The normalized spacial score (nSPS) is 9.12. The number of anilines is 1. The molecular weight excluding hydrogens is 209 g/mol. The summed E-state index contributed by atoms with van der Waals surface area (Å²) >= 11 is 1.21. The zero-order valence-corrected chi connectivity index (χ0v) is 6.98. The Labute approximate surface area is 60.4 Å². The molecule has 0 atom stereocenters. The van der Waals surface area contributed by atoms with Crippen molar-refractivity contribution in [2.45, 2.75) is 0 Å². The van der Waals surface area contributed by atoms with Crippen molar-refractivity contribution < 1.29 is 0 Å². The zero-order chi connectivity index (χ0) is 5.98. The predicted octanol–water partition coefficient (Wildman–Crippen LogP) is -1.15. The van der Waals surface area contributed by atoms with Crippen molar-refractivity contribution in [3.63, 3.8) is 0 Å². The Bertz CT molecular complexity index is 167. The monoisotopic (exact) mass is 214 g/mol. The number of rotatable bonds is 0. The SMILES string of the molecule is Nc1nccn[c]1[Sn]. The van der Waals surface area contributed by atoms with E-state index in [4.69, 9.17) is 5.73 Å². The first kappa shape index (κ1) is 5.81. The van der Waals surface area contributed by atoms with Crippen LogP contribution in [0.15, 0.2) is 12.4 Å². The van der Waals surface area contributed by atoms with Crippen molar-refractivity contribution in [1.82, 2.24) is 9.97 Å². The molecule has 0 unspecified atom stereocenters. The van der Waals surface area contributed by atoms with Gasteiger partial charge in [0.1, 0.15) is 0 Å². The summed E-state index contributed by atoms with van der Waals surface area (Å²) < 4.78 is 0.875. The van der Waals surface area contributed by atoms with Gasteiger partial charge in [0.2, 0.25) is 0 Å². The molecule has 1 rings (SSSR count). The second kappa shape index (κ2) is 2.30. The zero-order valence-electron chi connectivity index (χ0n) is 4.13. The molecule has 0 aliphatic rings. The summed E-state index contributed by atoms with van der Waals surface area (Å²) in [6.07, 6.45) is 3.23. The van der Waals surface area contributed by atoms with Crippen LogP contribution in [0, 0.1) is 0 Å². The van der Waals surface area contributed by atoms with Crippen LogP contribution in [0.25, 0.3) is 0 Å². The van der Waals surface area contributed by atoms with Gasteiger partial charge in [-0.1, -0.05) is 0 Å². The van der Waals surface area contributed by atoms with E-state index in [0.29, 0.717) is 5.82 Å². The Morgan fingerprint density at radius 3 is 2.38 bits per heavy atom. The molecule has 0 saturated carbocycles. The van der Waals surface area contributed by atoms with Gasteiger partial charge in [0, 0.05) is 0 Å². The molecule has 8 heavy (non-hydrogen) atoms. The number of nitrogens with two attached hydrogens (primary N) is 1. The van der Waals surface area contributed by atoms with Crippen LogP contribution in [0.5, 0.6) is 0 Å². The van der Waals surface area contributed by atoms with E-state index in [9.17, 15) is 0 Å². The van der Waals surface area contributed by atoms with E-state index in [-0.39, 0.29) is 0 Å². The van der Waals surface area contributed by atoms with Crippen molar-refractivity contribution in [3.05, 3.63) is 12.4 Å². The number of hydrogen-bond donors (Lipinski definition) is 1. The Hall–Kier alpha value is -0.321. The Kier molecular flexibility index (Phi) is 1.67. The molecule has 0 saturated heterocycles. The molecule has 0 aromatic carbocycles. The molecule has 3 nitrogen and oxygen atoms in total. The maximum atomic E-state index is 5.37. The van der Waals surface area contributed by atoms with E-state index in [0.717, 1.165) is 3.71 Å². The average Bonchev–Trinajstić information content (AvgIpc) is 1.77. The fourth-order valence-corrected chi connectivity index (χ4v) is 0.746. The summed E-state index contributed by atoms with van der Waals surface area (Å²) in [5, 5.41) is 0. The van der Waals surface area contributed by atoms with Crippen molar-refractivity contribution >= 4 is 32.1 Å². The van der Waals surface area contributed by atoms with Crippen LogP contribution in [0.2, 0.25) is 0 Å². The van der Waals surface area contributed by atoms with Crippen LogP contribution in [0.4, 0.5) is 5.82 Å². The van der Waals surface area contributed by atoms with Crippen molar-refractivity contribution in [3.8, 4) is 0 Å². The van der Waals surface area contributed by atoms with Crippen molar-refractivity contribution in [1.29, 1.82) is 0 Å². The molecule has 0 fully saturated rings. The van der Waals surface area contributed by atoms with Crippen LogP contribution in [0.3, 0.4) is 0 Å². The van der Waals surface area contributed by atoms with E-state index in [1.54, 1.807) is 12.4 Å². The van der Waals surface area contributed by atoms with Crippen LogP contribution in [-0.2, 0) is 0 Å². The fraction of sp³-hybridized carbons (Fsp3) is 0. The first-order valence-electron chi connectivity index (χ1n) is 2.09. The Morgan fingerprint density at radius 2 is 2.00 bits per heavy atom. The van der Waals surface area contributed by atoms with Crippen LogP contribution >= 0.6 is 0 Å². The molecule has 2 N–H and O–H groups in total. The summed E-state index contributed by atoms with van der Waals surface area (Å²) in [5.41, 5.74) is 5.37. The third-order valence-electron chi connectivity index (χ3n) is 0.727. The topological polar surface area (TPSA) is 51.8 Å². The predicted molar refractivity (Wildman–Crippen MR) is 31.8 cm³/mol. The molecule has 39 valence electrons. The first-order chi connectivity index (χ1) is 3.80. The van der Waals surface area contributed by atoms with Gasteiger partial charge in [-0.25, -0.2) is 0 Å². The summed E-state index contributed by atoms with van der Waals surface area (Å²) in [5.74, 6) is 0.547. The van der Waals surface area contributed by atoms with Crippen molar-refractivity contribution in [2.24, 2.45) is 0 Å². The van der Waals surface area contributed by atoms with E-state index >= 15 is 0 Å². The Morgan fingerprint density at radius 1 is 1.38 bits per heavy atom. The molecule has 0 aliphatic heterocycles. The van der Waals surface area contributed by atoms with Crippen LogP contribution < -0.4 is 9.44 Å². The molecule has 1 heterocycles. The third kappa shape index (κ3) is 1.09. The van der Waals surface area contributed by atoms with Gasteiger partial charge in [0.15, 0.2) is 0 Å². The van der Waals surface area contributed by atoms with Gasteiger partial charge < -0.3 is 0 Å². The molecule has 3 radical (unpaired) electrons. The summed E-state index contributed by atoms with van der Waals surface area (Å²) in [6.45, 7) is 0. The van der Waals surface area contributed by atoms with Gasteiger partial charge in [-0.15, -0.1) is 0 Å². The van der Waals surface area contributed by atoms with Gasteiger partial charge >= 0.3 is 60.1 Å². The standard InChI is InChI=1S/C4H4N3.Sn/c5-4-3-6-1-2-7-4;/h1-2H,(H2,5,7);. The quantitative estimate of drug-likeness (QED) is 0.553. The molecule has 1 aromatic rings. The molecule has 1 aromatic heterocycles. The number of aromatic nitrogens is 2. The number of hydrogen-bond acceptors (Lipinski definition) is 3. The summed E-state index contributed by atoms with van der Waals surface area (Å²) in [4.78, 5) is 7.75. The summed E-state index contributed by atoms with van der Waals surface area (Å²) in [6, 6.07) is 0. The molecule has 0 bridgehead atoms. The van der Waals surface area contributed by atoms with Crippen molar-refractivity contribution in [2.75, 3.05) is 5.73 Å². The van der Waals surface area contributed by atoms with Gasteiger partial charge in [0.25, 0.3) is 0 Å².